The fraction of sp³-hybridized carbons (Fsp3) is 0.769. The number of hydrogen-bond donors (Lipinski definition) is 0. The molecule has 76 valence electrons. The van der Waals surface area contributed by atoms with E-state index in [4.69, 9.17) is 5.26 Å². The highest BCUT2D eigenvalue weighted by Gasteiger charge is 2.59. The summed E-state index contributed by atoms with van der Waals surface area (Å²) in [6.07, 6.45) is 5.35. The summed E-state index contributed by atoms with van der Waals surface area (Å²) in [6.45, 7) is 7.10. The average molecular weight is 189 g/mol. The van der Waals surface area contributed by atoms with Gasteiger partial charge in [-0.1, -0.05) is 32.4 Å². The van der Waals surface area contributed by atoms with Crippen LogP contribution in [-0.4, -0.2) is 0 Å². The molecule has 2 aliphatic rings. The Morgan fingerprint density at radius 2 is 2.21 bits per heavy atom. The summed E-state index contributed by atoms with van der Waals surface area (Å²) in [5, 5.41) is 8.57. The molecule has 0 aliphatic heterocycles. The lowest BCUT2D eigenvalue weighted by molar-refractivity contribution is 0.452. The molecule has 0 aromatic carbocycles. The first-order valence-electron chi connectivity index (χ1n) is 5.63. The monoisotopic (exact) mass is 189 g/mol. The van der Waals surface area contributed by atoms with Crippen LogP contribution in [0.2, 0.25) is 0 Å². The van der Waals surface area contributed by atoms with Gasteiger partial charge in [0.1, 0.15) is 0 Å². The fourth-order valence-corrected chi connectivity index (χ4v) is 3.18. The maximum atomic E-state index is 8.57. The Morgan fingerprint density at radius 3 is 2.86 bits per heavy atom. The number of rotatable bonds is 1. The second kappa shape index (κ2) is 3.12. The molecular formula is C13H19N. The molecule has 2 saturated carbocycles. The number of nitrogens with zero attached hydrogens (tertiary/aromatic N) is 1. The highest BCUT2D eigenvalue weighted by atomic mass is 14.6. The highest BCUT2D eigenvalue weighted by Crippen LogP contribution is 2.66. The third-order valence-electron chi connectivity index (χ3n) is 4.44. The zero-order valence-corrected chi connectivity index (χ0v) is 9.38. The van der Waals surface area contributed by atoms with Gasteiger partial charge in [-0.05, 0) is 36.0 Å². The second-order valence-corrected chi connectivity index (χ2v) is 5.52. The lowest BCUT2D eigenvalue weighted by atomic mass is 9.85. The van der Waals surface area contributed by atoms with Gasteiger partial charge in [0.15, 0.2) is 0 Å². The molecule has 0 aromatic heterocycles. The van der Waals surface area contributed by atoms with Crippen LogP contribution in [0.1, 0.15) is 40.0 Å². The van der Waals surface area contributed by atoms with Gasteiger partial charge in [0.05, 0.1) is 12.5 Å². The molecule has 0 saturated heterocycles. The molecule has 0 bridgehead atoms. The molecule has 0 amide bonds. The van der Waals surface area contributed by atoms with E-state index in [1.165, 1.54) is 12.8 Å². The van der Waals surface area contributed by atoms with Crippen LogP contribution in [0.5, 0.6) is 0 Å². The SMILES string of the molecule is C[C@@H]1C[C@H]2[C@@H](C/C1=C/CC#N)C2(C)C. The Bertz CT molecular complexity index is 306. The van der Waals surface area contributed by atoms with Crippen molar-refractivity contribution in [3.63, 3.8) is 0 Å². The molecule has 2 rings (SSSR count). The van der Waals surface area contributed by atoms with Gasteiger partial charge in [-0.25, -0.2) is 0 Å². The molecule has 0 unspecified atom stereocenters. The van der Waals surface area contributed by atoms with Crippen LogP contribution in [0.4, 0.5) is 0 Å². The van der Waals surface area contributed by atoms with E-state index in [2.05, 4.69) is 32.9 Å². The molecule has 2 fully saturated rings. The quantitative estimate of drug-likeness (QED) is 0.579. The van der Waals surface area contributed by atoms with Crippen molar-refractivity contribution in [2.24, 2.45) is 23.2 Å². The molecule has 0 heterocycles. The minimum absolute atomic E-state index is 0.580. The number of nitriles is 1. The predicted molar refractivity (Wildman–Crippen MR) is 57.5 cm³/mol. The lowest BCUT2D eigenvalue weighted by Gasteiger charge is -2.20. The van der Waals surface area contributed by atoms with E-state index in [9.17, 15) is 0 Å². The van der Waals surface area contributed by atoms with Crippen molar-refractivity contribution in [2.75, 3.05) is 0 Å². The van der Waals surface area contributed by atoms with Crippen molar-refractivity contribution in [1.82, 2.24) is 0 Å². The van der Waals surface area contributed by atoms with Gasteiger partial charge in [-0.2, -0.15) is 5.26 Å². The van der Waals surface area contributed by atoms with Gasteiger partial charge in [0.25, 0.3) is 0 Å². The van der Waals surface area contributed by atoms with Gasteiger partial charge in [0, 0.05) is 0 Å². The zero-order chi connectivity index (χ0) is 10.3. The lowest BCUT2D eigenvalue weighted by Crippen LogP contribution is -2.08. The molecule has 0 spiro atoms. The topological polar surface area (TPSA) is 23.8 Å². The second-order valence-electron chi connectivity index (χ2n) is 5.52. The molecule has 1 heteroatoms. The minimum atomic E-state index is 0.580. The van der Waals surface area contributed by atoms with Crippen LogP contribution < -0.4 is 0 Å². The summed E-state index contributed by atoms with van der Waals surface area (Å²) in [7, 11) is 0. The first kappa shape index (κ1) is 9.77. The van der Waals surface area contributed by atoms with Crippen LogP contribution >= 0.6 is 0 Å². The molecule has 3 atom stereocenters. The summed E-state index contributed by atoms with van der Waals surface area (Å²) >= 11 is 0. The molecule has 0 N–H and O–H groups in total. The van der Waals surface area contributed by atoms with Crippen molar-refractivity contribution in [2.45, 2.75) is 40.0 Å². The number of fused-ring (bicyclic) bond motifs is 1. The van der Waals surface area contributed by atoms with Gasteiger partial charge in [-0.15, -0.1) is 0 Å². The standard InChI is InChI=1S/C13H19N/c1-9-7-11-12(13(11,2)3)8-10(9)5-4-6-14/h5,9,11-12H,4,7-8H2,1-3H3/b10-5-/t9-,11+,12-/m1/s1. The van der Waals surface area contributed by atoms with Gasteiger partial charge in [-0.3, -0.25) is 0 Å². The van der Waals surface area contributed by atoms with E-state index in [1.54, 1.807) is 5.57 Å². The van der Waals surface area contributed by atoms with Crippen LogP contribution in [0.25, 0.3) is 0 Å². The van der Waals surface area contributed by atoms with Crippen molar-refractivity contribution in [3.8, 4) is 6.07 Å². The van der Waals surface area contributed by atoms with E-state index in [1.807, 2.05) is 0 Å². The minimum Gasteiger partial charge on any atom is -0.198 e. The van der Waals surface area contributed by atoms with Crippen molar-refractivity contribution >= 4 is 0 Å². The molecule has 2 aliphatic carbocycles. The third kappa shape index (κ3) is 1.38. The Hall–Kier alpha value is -0.770. The number of hydrogen-bond acceptors (Lipinski definition) is 1. The third-order valence-corrected chi connectivity index (χ3v) is 4.44. The van der Waals surface area contributed by atoms with E-state index >= 15 is 0 Å². The van der Waals surface area contributed by atoms with E-state index < -0.39 is 0 Å². The number of allylic oxidation sites excluding steroid dienone is 2. The van der Waals surface area contributed by atoms with Gasteiger partial charge >= 0.3 is 0 Å². The van der Waals surface area contributed by atoms with Gasteiger partial charge in [0.2, 0.25) is 0 Å². The maximum absolute atomic E-state index is 8.57. The first-order chi connectivity index (χ1) is 6.57. The zero-order valence-electron chi connectivity index (χ0n) is 9.38. The van der Waals surface area contributed by atoms with Crippen molar-refractivity contribution < 1.29 is 0 Å². The first-order valence-corrected chi connectivity index (χ1v) is 5.63. The van der Waals surface area contributed by atoms with E-state index in [-0.39, 0.29) is 0 Å². The Balaban J connectivity index is 2.07. The van der Waals surface area contributed by atoms with Crippen LogP contribution in [-0.2, 0) is 0 Å². The van der Waals surface area contributed by atoms with Crippen molar-refractivity contribution in [3.05, 3.63) is 11.6 Å². The van der Waals surface area contributed by atoms with E-state index in [0.29, 0.717) is 17.8 Å². The largest absolute Gasteiger partial charge is 0.198 e. The van der Waals surface area contributed by atoms with Crippen LogP contribution in [0, 0.1) is 34.5 Å². The Morgan fingerprint density at radius 1 is 1.50 bits per heavy atom. The Labute approximate surface area is 86.8 Å². The predicted octanol–water partition coefficient (Wildman–Crippen LogP) is 3.53. The van der Waals surface area contributed by atoms with Crippen molar-refractivity contribution in [1.29, 1.82) is 5.26 Å². The summed E-state index contributed by atoms with van der Waals surface area (Å²) in [6, 6.07) is 2.21. The molecule has 0 aromatic rings. The molecule has 14 heavy (non-hydrogen) atoms. The Kier molecular flexibility index (Phi) is 2.18. The smallest absolute Gasteiger partial charge is 0.0663 e. The normalized spacial score (nSPS) is 41.6. The van der Waals surface area contributed by atoms with Gasteiger partial charge < -0.3 is 0 Å². The van der Waals surface area contributed by atoms with Crippen LogP contribution in [0.15, 0.2) is 11.6 Å². The van der Waals surface area contributed by atoms with E-state index in [0.717, 1.165) is 11.8 Å². The summed E-state index contributed by atoms with van der Waals surface area (Å²) in [5.41, 5.74) is 2.12. The molecule has 0 radical (unpaired) electrons. The summed E-state index contributed by atoms with van der Waals surface area (Å²) in [5.74, 6) is 2.58. The highest BCUT2D eigenvalue weighted by molar-refractivity contribution is 5.21. The summed E-state index contributed by atoms with van der Waals surface area (Å²) < 4.78 is 0. The maximum Gasteiger partial charge on any atom is 0.0663 e. The average Bonchev–Trinajstić information content (AvgIpc) is 2.65. The fourth-order valence-electron chi connectivity index (χ4n) is 3.18. The molecular weight excluding hydrogens is 170 g/mol. The molecule has 1 nitrogen and oxygen atoms in total. The van der Waals surface area contributed by atoms with Crippen LogP contribution in [0.3, 0.4) is 0 Å². The summed E-state index contributed by atoms with van der Waals surface area (Å²) in [4.78, 5) is 0.